The van der Waals surface area contributed by atoms with E-state index in [1.807, 2.05) is 24.3 Å². The molecule has 2 atom stereocenters. The molecule has 0 saturated heterocycles. The lowest BCUT2D eigenvalue weighted by Gasteiger charge is -2.15. The van der Waals surface area contributed by atoms with E-state index >= 15 is 0 Å². The van der Waals surface area contributed by atoms with Gasteiger partial charge in [-0.15, -0.1) is 0 Å². The van der Waals surface area contributed by atoms with Crippen molar-refractivity contribution < 1.29 is 9.47 Å². The molecule has 2 unspecified atom stereocenters. The lowest BCUT2D eigenvalue weighted by molar-refractivity contribution is 0.107. The summed E-state index contributed by atoms with van der Waals surface area (Å²) in [4.78, 5) is 0. The van der Waals surface area contributed by atoms with E-state index in [1.165, 1.54) is 0 Å². The van der Waals surface area contributed by atoms with Crippen LogP contribution in [0.4, 0.5) is 0 Å². The quantitative estimate of drug-likeness (QED) is 0.771. The number of ether oxygens (including phenoxy) is 2. The van der Waals surface area contributed by atoms with Crippen LogP contribution in [0.3, 0.4) is 0 Å². The van der Waals surface area contributed by atoms with Gasteiger partial charge in [0.2, 0.25) is 0 Å². The van der Waals surface area contributed by atoms with Crippen LogP contribution in [0.5, 0.6) is 5.75 Å². The van der Waals surface area contributed by atoms with Crippen molar-refractivity contribution in [1.82, 2.24) is 0 Å². The molecule has 2 N–H and O–H groups in total. The van der Waals surface area contributed by atoms with Gasteiger partial charge >= 0.3 is 0 Å². The Bertz CT molecular complexity index is 324. The zero-order chi connectivity index (χ0) is 13.4. The van der Waals surface area contributed by atoms with Crippen molar-refractivity contribution in [3.05, 3.63) is 29.8 Å². The van der Waals surface area contributed by atoms with Crippen LogP contribution in [0.2, 0.25) is 0 Å². The van der Waals surface area contributed by atoms with Crippen LogP contribution in [0, 0.1) is 0 Å². The van der Waals surface area contributed by atoms with Gasteiger partial charge in [0, 0.05) is 13.2 Å². The SMILES string of the molecule is CCCOc1ccc(C(N)CCC(C)OC)cc1. The molecule has 1 rings (SSSR count). The highest BCUT2D eigenvalue weighted by atomic mass is 16.5. The van der Waals surface area contributed by atoms with E-state index in [0.29, 0.717) is 0 Å². The molecule has 0 amide bonds. The van der Waals surface area contributed by atoms with E-state index < -0.39 is 0 Å². The number of benzene rings is 1. The normalized spacial score (nSPS) is 14.2. The largest absolute Gasteiger partial charge is 0.494 e. The Labute approximate surface area is 110 Å². The summed E-state index contributed by atoms with van der Waals surface area (Å²) in [6.45, 7) is 4.92. The molecule has 0 aliphatic carbocycles. The van der Waals surface area contributed by atoms with Crippen molar-refractivity contribution in [2.45, 2.75) is 45.3 Å². The first kappa shape index (κ1) is 15.0. The molecule has 18 heavy (non-hydrogen) atoms. The second-order valence-electron chi connectivity index (χ2n) is 4.65. The maximum Gasteiger partial charge on any atom is 0.119 e. The van der Waals surface area contributed by atoms with Crippen molar-refractivity contribution in [2.24, 2.45) is 5.73 Å². The maximum absolute atomic E-state index is 6.15. The minimum atomic E-state index is 0.0721. The lowest BCUT2D eigenvalue weighted by Crippen LogP contribution is -2.14. The van der Waals surface area contributed by atoms with E-state index in [4.69, 9.17) is 15.2 Å². The van der Waals surface area contributed by atoms with Crippen molar-refractivity contribution in [1.29, 1.82) is 0 Å². The van der Waals surface area contributed by atoms with Crippen LogP contribution >= 0.6 is 0 Å². The fourth-order valence-electron chi connectivity index (χ4n) is 1.73. The molecule has 0 spiro atoms. The summed E-state index contributed by atoms with van der Waals surface area (Å²) in [5.74, 6) is 0.915. The van der Waals surface area contributed by atoms with E-state index in [1.54, 1.807) is 7.11 Å². The molecule has 0 aromatic heterocycles. The molecule has 0 aliphatic rings. The molecular weight excluding hydrogens is 226 g/mol. The van der Waals surface area contributed by atoms with E-state index in [2.05, 4.69) is 13.8 Å². The molecule has 102 valence electrons. The fraction of sp³-hybridized carbons (Fsp3) is 0.600. The number of methoxy groups -OCH3 is 1. The second-order valence-corrected chi connectivity index (χ2v) is 4.65. The first-order valence-corrected chi connectivity index (χ1v) is 6.68. The van der Waals surface area contributed by atoms with E-state index in [-0.39, 0.29) is 12.1 Å². The third-order valence-electron chi connectivity index (χ3n) is 3.07. The molecule has 0 saturated carbocycles. The van der Waals surface area contributed by atoms with Gasteiger partial charge in [0.1, 0.15) is 5.75 Å². The van der Waals surface area contributed by atoms with Gasteiger partial charge in [-0.1, -0.05) is 19.1 Å². The molecule has 0 fully saturated rings. The Morgan fingerprint density at radius 1 is 1.17 bits per heavy atom. The molecule has 0 aliphatic heterocycles. The van der Waals surface area contributed by atoms with Gasteiger partial charge in [0.25, 0.3) is 0 Å². The Morgan fingerprint density at radius 3 is 2.39 bits per heavy atom. The Balaban J connectivity index is 2.45. The summed E-state index contributed by atoms with van der Waals surface area (Å²) in [6, 6.07) is 8.15. The molecule has 3 heteroatoms. The molecule has 0 radical (unpaired) electrons. The zero-order valence-corrected chi connectivity index (χ0v) is 11.7. The minimum Gasteiger partial charge on any atom is -0.494 e. The van der Waals surface area contributed by atoms with Crippen molar-refractivity contribution in [3.63, 3.8) is 0 Å². The summed E-state index contributed by atoms with van der Waals surface area (Å²) in [5, 5.41) is 0. The monoisotopic (exact) mass is 251 g/mol. The highest BCUT2D eigenvalue weighted by molar-refractivity contribution is 5.29. The molecule has 0 bridgehead atoms. The van der Waals surface area contributed by atoms with Gasteiger partial charge < -0.3 is 15.2 Å². The number of rotatable bonds is 8. The summed E-state index contributed by atoms with van der Waals surface area (Å²) in [7, 11) is 1.73. The standard InChI is InChI=1S/C15H25NO2/c1-4-11-18-14-8-6-13(7-9-14)15(16)10-5-12(2)17-3/h6-9,12,15H,4-5,10-11,16H2,1-3H3. The van der Waals surface area contributed by atoms with Crippen molar-refractivity contribution in [2.75, 3.05) is 13.7 Å². The van der Waals surface area contributed by atoms with Crippen LogP contribution in [0.1, 0.15) is 44.7 Å². The first-order chi connectivity index (χ1) is 8.67. The minimum absolute atomic E-state index is 0.0721. The molecular formula is C15H25NO2. The predicted octanol–water partition coefficient (Wildman–Crippen LogP) is 3.29. The van der Waals surface area contributed by atoms with Gasteiger partial charge in [-0.25, -0.2) is 0 Å². The lowest BCUT2D eigenvalue weighted by atomic mass is 10.0. The highest BCUT2D eigenvalue weighted by Crippen LogP contribution is 2.20. The summed E-state index contributed by atoms with van der Waals surface area (Å²) in [6.07, 6.45) is 3.20. The molecule has 1 aromatic carbocycles. The molecule has 3 nitrogen and oxygen atoms in total. The molecule has 0 heterocycles. The van der Waals surface area contributed by atoms with Crippen LogP contribution in [0.15, 0.2) is 24.3 Å². The second kappa shape index (κ2) is 8.11. The van der Waals surface area contributed by atoms with Crippen LogP contribution in [0.25, 0.3) is 0 Å². The number of hydrogen-bond acceptors (Lipinski definition) is 3. The summed E-state index contributed by atoms with van der Waals surface area (Å²) < 4.78 is 10.8. The third kappa shape index (κ3) is 5.07. The number of hydrogen-bond donors (Lipinski definition) is 1. The average Bonchev–Trinajstić information content (AvgIpc) is 2.42. The average molecular weight is 251 g/mol. The van der Waals surface area contributed by atoms with E-state index in [9.17, 15) is 0 Å². The maximum atomic E-state index is 6.15. The Kier molecular flexibility index (Phi) is 6.76. The Hall–Kier alpha value is -1.06. The van der Waals surface area contributed by atoms with Gasteiger partial charge in [0.15, 0.2) is 0 Å². The van der Waals surface area contributed by atoms with Gasteiger partial charge in [-0.3, -0.25) is 0 Å². The summed E-state index contributed by atoms with van der Waals surface area (Å²) in [5.41, 5.74) is 7.31. The van der Waals surface area contributed by atoms with Crippen LogP contribution in [-0.4, -0.2) is 19.8 Å². The van der Waals surface area contributed by atoms with Gasteiger partial charge in [-0.05, 0) is 43.9 Å². The van der Waals surface area contributed by atoms with Crippen molar-refractivity contribution >= 4 is 0 Å². The summed E-state index contributed by atoms with van der Waals surface area (Å²) >= 11 is 0. The van der Waals surface area contributed by atoms with Crippen molar-refractivity contribution in [3.8, 4) is 5.75 Å². The third-order valence-corrected chi connectivity index (χ3v) is 3.07. The molecule has 1 aromatic rings. The van der Waals surface area contributed by atoms with Gasteiger partial charge in [0.05, 0.1) is 12.7 Å². The number of nitrogens with two attached hydrogens (primary N) is 1. The highest BCUT2D eigenvalue weighted by Gasteiger charge is 2.08. The smallest absolute Gasteiger partial charge is 0.119 e. The topological polar surface area (TPSA) is 44.5 Å². The van der Waals surface area contributed by atoms with Crippen LogP contribution in [-0.2, 0) is 4.74 Å². The fourth-order valence-corrected chi connectivity index (χ4v) is 1.73. The predicted molar refractivity (Wildman–Crippen MR) is 74.9 cm³/mol. The van der Waals surface area contributed by atoms with E-state index in [0.717, 1.165) is 37.2 Å². The van der Waals surface area contributed by atoms with Crippen LogP contribution < -0.4 is 10.5 Å². The zero-order valence-electron chi connectivity index (χ0n) is 11.7. The Morgan fingerprint density at radius 2 is 1.83 bits per heavy atom. The van der Waals surface area contributed by atoms with Gasteiger partial charge in [-0.2, -0.15) is 0 Å². The first-order valence-electron chi connectivity index (χ1n) is 6.68.